The van der Waals surface area contributed by atoms with Crippen molar-refractivity contribution in [1.29, 1.82) is 0 Å². The Morgan fingerprint density at radius 2 is 2.05 bits per heavy atom. The molecule has 0 spiro atoms. The number of nitrogens with zero attached hydrogens (tertiary/aromatic N) is 1. The minimum absolute atomic E-state index is 0.468. The molecule has 1 atom stereocenters. The molecule has 2 heterocycles. The van der Waals surface area contributed by atoms with Crippen molar-refractivity contribution in [3.63, 3.8) is 0 Å². The molecule has 1 aliphatic heterocycles. The number of hydrogen-bond donors (Lipinski definition) is 1. The predicted octanol–water partition coefficient (Wildman–Crippen LogP) is 3.09. The molecule has 1 aromatic heterocycles. The van der Waals surface area contributed by atoms with Crippen LogP contribution < -0.4 is 10.1 Å². The molecule has 0 amide bonds. The van der Waals surface area contributed by atoms with E-state index in [0.717, 1.165) is 12.1 Å². The Morgan fingerprint density at radius 3 is 2.74 bits per heavy atom. The first-order valence-electron chi connectivity index (χ1n) is 6.78. The highest BCUT2D eigenvalue weighted by Crippen LogP contribution is 2.23. The van der Waals surface area contributed by atoms with Gasteiger partial charge in [-0.3, -0.25) is 0 Å². The summed E-state index contributed by atoms with van der Waals surface area (Å²) < 4.78 is 5.68. The monoisotopic (exact) mass is 254 g/mol. The second-order valence-electron chi connectivity index (χ2n) is 4.85. The van der Waals surface area contributed by atoms with Gasteiger partial charge < -0.3 is 10.1 Å². The first-order chi connectivity index (χ1) is 9.42. The summed E-state index contributed by atoms with van der Waals surface area (Å²) in [5, 5.41) is 3.47. The van der Waals surface area contributed by atoms with E-state index in [1.54, 1.807) is 0 Å². The SMILES string of the molecule is c1ccc(COc2ccc(C3CCCN3)cn2)cc1. The Morgan fingerprint density at radius 1 is 1.16 bits per heavy atom. The van der Waals surface area contributed by atoms with Crippen LogP contribution in [0.4, 0.5) is 0 Å². The predicted molar refractivity (Wildman–Crippen MR) is 75.0 cm³/mol. The Labute approximate surface area is 113 Å². The molecule has 0 saturated carbocycles. The summed E-state index contributed by atoms with van der Waals surface area (Å²) in [5.41, 5.74) is 2.41. The zero-order valence-corrected chi connectivity index (χ0v) is 10.9. The van der Waals surface area contributed by atoms with Crippen LogP contribution in [0.1, 0.15) is 30.0 Å². The maximum absolute atomic E-state index is 5.68. The van der Waals surface area contributed by atoms with Gasteiger partial charge in [0, 0.05) is 18.3 Å². The lowest BCUT2D eigenvalue weighted by atomic mass is 10.1. The Balaban J connectivity index is 1.60. The number of benzene rings is 1. The minimum Gasteiger partial charge on any atom is -0.473 e. The number of rotatable bonds is 4. The molecule has 0 aliphatic carbocycles. The maximum Gasteiger partial charge on any atom is 0.213 e. The summed E-state index contributed by atoms with van der Waals surface area (Å²) in [7, 11) is 0. The molecule has 1 unspecified atom stereocenters. The van der Waals surface area contributed by atoms with Gasteiger partial charge in [-0.15, -0.1) is 0 Å². The van der Waals surface area contributed by atoms with Crippen LogP contribution in [0, 0.1) is 0 Å². The Bertz CT molecular complexity index is 504. The van der Waals surface area contributed by atoms with E-state index < -0.39 is 0 Å². The second kappa shape index (κ2) is 5.85. The van der Waals surface area contributed by atoms with Crippen LogP contribution in [0.2, 0.25) is 0 Å². The van der Waals surface area contributed by atoms with Gasteiger partial charge in [0.25, 0.3) is 0 Å². The van der Waals surface area contributed by atoms with E-state index >= 15 is 0 Å². The molecule has 1 aromatic carbocycles. The molecule has 2 aromatic rings. The largest absolute Gasteiger partial charge is 0.473 e. The first-order valence-corrected chi connectivity index (χ1v) is 6.78. The topological polar surface area (TPSA) is 34.1 Å². The van der Waals surface area contributed by atoms with Crippen molar-refractivity contribution in [3.05, 3.63) is 59.8 Å². The maximum atomic E-state index is 5.68. The molecular weight excluding hydrogens is 236 g/mol. The van der Waals surface area contributed by atoms with E-state index in [1.807, 2.05) is 30.5 Å². The molecule has 3 nitrogen and oxygen atoms in total. The Hall–Kier alpha value is -1.87. The van der Waals surface area contributed by atoms with Crippen molar-refractivity contribution in [2.24, 2.45) is 0 Å². The van der Waals surface area contributed by atoms with Crippen molar-refractivity contribution in [2.75, 3.05) is 6.54 Å². The average molecular weight is 254 g/mol. The second-order valence-corrected chi connectivity index (χ2v) is 4.85. The van der Waals surface area contributed by atoms with Crippen LogP contribution in [-0.2, 0) is 6.61 Å². The molecule has 98 valence electrons. The van der Waals surface area contributed by atoms with Gasteiger partial charge in [0.15, 0.2) is 0 Å². The van der Waals surface area contributed by atoms with Gasteiger partial charge in [-0.05, 0) is 30.5 Å². The van der Waals surface area contributed by atoms with Crippen molar-refractivity contribution in [3.8, 4) is 5.88 Å². The van der Waals surface area contributed by atoms with E-state index in [0.29, 0.717) is 18.5 Å². The summed E-state index contributed by atoms with van der Waals surface area (Å²) in [6.45, 7) is 1.67. The molecule has 3 heteroatoms. The van der Waals surface area contributed by atoms with Crippen LogP contribution in [0.25, 0.3) is 0 Å². The van der Waals surface area contributed by atoms with Gasteiger partial charge >= 0.3 is 0 Å². The van der Waals surface area contributed by atoms with Gasteiger partial charge in [0.05, 0.1) is 0 Å². The lowest BCUT2D eigenvalue weighted by Gasteiger charge is -2.11. The minimum atomic E-state index is 0.468. The number of ether oxygens (including phenoxy) is 1. The third-order valence-corrected chi connectivity index (χ3v) is 3.45. The van der Waals surface area contributed by atoms with Gasteiger partial charge in [0.1, 0.15) is 6.61 Å². The highest BCUT2D eigenvalue weighted by molar-refractivity contribution is 5.22. The third-order valence-electron chi connectivity index (χ3n) is 3.45. The van der Waals surface area contributed by atoms with E-state index in [2.05, 4.69) is 28.5 Å². The summed E-state index contributed by atoms with van der Waals surface area (Å²) in [6.07, 6.45) is 4.37. The highest BCUT2D eigenvalue weighted by Gasteiger charge is 2.16. The Kier molecular flexibility index (Phi) is 3.75. The molecule has 3 rings (SSSR count). The number of aromatic nitrogens is 1. The summed E-state index contributed by atoms with van der Waals surface area (Å²) in [6, 6.07) is 14.7. The van der Waals surface area contributed by atoms with E-state index in [1.165, 1.54) is 18.4 Å². The van der Waals surface area contributed by atoms with Crippen LogP contribution in [0.15, 0.2) is 48.7 Å². The molecule has 1 N–H and O–H groups in total. The van der Waals surface area contributed by atoms with Gasteiger partial charge in [0.2, 0.25) is 5.88 Å². The fourth-order valence-electron chi connectivity index (χ4n) is 2.38. The zero-order valence-electron chi connectivity index (χ0n) is 10.9. The van der Waals surface area contributed by atoms with Crippen LogP contribution >= 0.6 is 0 Å². The van der Waals surface area contributed by atoms with E-state index in [4.69, 9.17) is 4.74 Å². The molecule has 0 radical (unpaired) electrons. The van der Waals surface area contributed by atoms with Crippen molar-refractivity contribution in [2.45, 2.75) is 25.5 Å². The summed E-state index contributed by atoms with van der Waals surface area (Å²) in [5.74, 6) is 0.686. The molecule has 1 aliphatic rings. The van der Waals surface area contributed by atoms with Crippen LogP contribution in [-0.4, -0.2) is 11.5 Å². The van der Waals surface area contributed by atoms with E-state index in [-0.39, 0.29) is 0 Å². The molecular formula is C16H18N2O. The highest BCUT2D eigenvalue weighted by atomic mass is 16.5. The summed E-state index contributed by atoms with van der Waals surface area (Å²) in [4.78, 5) is 4.38. The number of hydrogen-bond acceptors (Lipinski definition) is 3. The van der Waals surface area contributed by atoms with Gasteiger partial charge in [-0.2, -0.15) is 0 Å². The number of pyridine rings is 1. The standard InChI is InChI=1S/C16H18N2O/c1-2-5-13(6-3-1)12-19-16-9-8-14(11-18-16)15-7-4-10-17-15/h1-3,5-6,8-9,11,15,17H,4,7,10,12H2. The van der Waals surface area contributed by atoms with Crippen molar-refractivity contribution in [1.82, 2.24) is 10.3 Å². The lowest BCUT2D eigenvalue weighted by molar-refractivity contribution is 0.293. The van der Waals surface area contributed by atoms with Crippen LogP contribution in [0.3, 0.4) is 0 Å². The van der Waals surface area contributed by atoms with Gasteiger partial charge in [-0.1, -0.05) is 36.4 Å². The quantitative estimate of drug-likeness (QED) is 0.910. The van der Waals surface area contributed by atoms with Gasteiger partial charge in [-0.25, -0.2) is 4.98 Å². The molecule has 19 heavy (non-hydrogen) atoms. The van der Waals surface area contributed by atoms with Crippen molar-refractivity contribution < 1.29 is 4.74 Å². The van der Waals surface area contributed by atoms with Crippen LogP contribution in [0.5, 0.6) is 5.88 Å². The fourth-order valence-corrected chi connectivity index (χ4v) is 2.38. The molecule has 0 bridgehead atoms. The summed E-state index contributed by atoms with van der Waals surface area (Å²) >= 11 is 0. The molecule has 1 saturated heterocycles. The number of nitrogens with one attached hydrogen (secondary N) is 1. The van der Waals surface area contributed by atoms with E-state index in [9.17, 15) is 0 Å². The van der Waals surface area contributed by atoms with Crippen molar-refractivity contribution >= 4 is 0 Å². The average Bonchev–Trinajstić information content (AvgIpc) is 3.01. The first kappa shape index (κ1) is 12.2. The zero-order chi connectivity index (χ0) is 12.9. The smallest absolute Gasteiger partial charge is 0.213 e. The lowest BCUT2D eigenvalue weighted by Crippen LogP contribution is -2.12. The fraction of sp³-hybridized carbons (Fsp3) is 0.312. The third kappa shape index (κ3) is 3.12. The normalized spacial score (nSPS) is 18.4. The molecule has 1 fully saturated rings.